The smallest absolute Gasteiger partial charge is 0.418 e. The van der Waals surface area contributed by atoms with E-state index in [-0.39, 0.29) is 5.69 Å². The van der Waals surface area contributed by atoms with Gasteiger partial charge >= 0.3 is 12.3 Å². The molecular weight excluding hydrogens is 273 g/mol. The Labute approximate surface area is 114 Å². The molecule has 0 atom stereocenters. The fourth-order valence-electron chi connectivity index (χ4n) is 2.25. The van der Waals surface area contributed by atoms with Gasteiger partial charge in [0.05, 0.1) is 12.7 Å². The highest BCUT2D eigenvalue weighted by Crippen LogP contribution is 2.36. The highest BCUT2D eigenvalue weighted by molar-refractivity contribution is 5.68. The lowest BCUT2D eigenvalue weighted by atomic mass is 10.1. The van der Waals surface area contributed by atoms with Gasteiger partial charge in [-0.15, -0.1) is 0 Å². The van der Waals surface area contributed by atoms with E-state index in [1.54, 1.807) is 11.0 Å². The SMILES string of the molecule is COC(=O)N1CCN(c2ccccc2C(F)(F)F)CC1. The minimum Gasteiger partial charge on any atom is -0.453 e. The fraction of sp³-hybridized carbons (Fsp3) is 0.462. The average Bonchev–Trinajstić information content (AvgIpc) is 2.46. The summed E-state index contributed by atoms with van der Waals surface area (Å²) in [5, 5.41) is 0. The highest BCUT2D eigenvalue weighted by atomic mass is 19.4. The van der Waals surface area contributed by atoms with Gasteiger partial charge in [0.25, 0.3) is 0 Å². The number of carbonyl (C=O) groups excluding carboxylic acids is 1. The molecule has 2 rings (SSSR count). The van der Waals surface area contributed by atoms with Gasteiger partial charge in [0.2, 0.25) is 0 Å². The van der Waals surface area contributed by atoms with Crippen LogP contribution >= 0.6 is 0 Å². The molecule has 0 N–H and O–H groups in total. The molecule has 1 fully saturated rings. The number of benzene rings is 1. The lowest BCUT2D eigenvalue weighted by Crippen LogP contribution is -2.49. The molecule has 1 heterocycles. The first kappa shape index (κ1) is 14.5. The number of nitrogens with zero attached hydrogens (tertiary/aromatic N) is 2. The Morgan fingerprint density at radius 2 is 1.75 bits per heavy atom. The average molecular weight is 288 g/mol. The summed E-state index contributed by atoms with van der Waals surface area (Å²) in [7, 11) is 1.29. The standard InChI is InChI=1S/C13H15F3N2O2/c1-20-12(19)18-8-6-17(7-9-18)11-5-3-2-4-10(11)13(14,15)16/h2-5H,6-9H2,1H3. The van der Waals surface area contributed by atoms with Crippen LogP contribution in [0.2, 0.25) is 0 Å². The predicted octanol–water partition coefficient (Wildman–Crippen LogP) is 2.59. The van der Waals surface area contributed by atoms with E-state index in [2.05, 4.69) is 4.74 Å². The first-order valence-electron chi connectivity index (χ1n) is 6.17. The van der Waals surface area contributed by atoms with Crippen molar-refractivity contribution in [3.63, 3.8) is 0 Å². The van der Waals surface area contributed by atoms with Crippen LogP contribution in [-0.4, -0.2) is 44.3 Å². The highest BCUT2D eigenvalue weighted by Gasteiger charge is 2.35. The summed E-state index contributed by atoms with van der Waals surface area (Å²) < 4.78 is 43.5. The Morgan fingerprint density at radius 1 is 1.15 bits per heavy atom. The minimum atomic E-state index is -4.38. The number of hydrogen-bond acceptors (Lipinski definition) is 3. The van der Waals surface area contributed by atoms with Crippen LogP contribution < -0.4 is 4.90 Å². The monoisotopic (exact) mass is 288 g/mol. The van der Waals surface area contributed by atoms with Gasteiger partial charge in [0.15, 0.2) is 0 Å². The summed E-state index contributed by atoms with van der Waals surface area (Å²) in [6.07, 6.45) is -4.83. The first-order valence-corrected chi connectivity index (χ1v) is 6.17. The molecule has 0 spiro atoms. The van der Waals surface area contributed by atoms with Gasteiger partial charge < -0.3 is 14.5 Å². The molecule has 110 valence electrons. The number of ether oxygens (including phenoxy) is 1. The summed E-state index contributed by atoms with van der Waals surface area (Å²) in [4.78, 5) is 14.5. The van der Waals surface area contributed by atoms with Crippen molar-refractivity contribution in [1.29, 1.82) is 0 Å². The van der Waals surface area contributed by atoms with E-state index in [9.17, 15) is 18.0 Å². The largest absolute Gasteiger partial charge is 0.453 e. The number of hydrogen-bond donors (Lipinski definition) is 0. The van der Waals surface area contributed by atoms with Gasteiger partial charge in [0, 0.05) is 31.9 Å². The second kappa shape index (κ2) is 5.60. The third-order valence-electron chi connectivity index (χ3n) is 3.26. The summed E-state index contributed by atoms with van der Waals surface area (Å²) in [5.74, 6) is 0. The molecule has 1 aliphatic rings. The fourth-order valence-corrected chi connectivity index (χ4v) is 2.25. The number of anilines is 1. The number of amides is 1. The van der Waals surface area contributed by atoms with Crippen LogP contribution in [0.25, 0.3) is 0 Å². The number of alkyl halides is 3. The third kappa shape index (κ3) is 2.97. The molecule has 0 saturated carbocycles. The Bertz CT molecular complexity index is 483. The van der Waals surface area contributed by atoms with Crippen LogP contribution in [0.1, 0.15) is 5.56 Å². The molecule has 1 aliphatic heterocycles. The predicted molar refractivity (Wildman–Crippen MR) is 67.6 cm³/mol. The van der Waals surface area contributed by atoms with E-state index in [1.165, 1.54) is 24.1 Å². The molecule has 0 unspecified atom stereocenters. The van der Waals surface area contributed by atoms with Crippen LogP contribution in [0.15, 0.2) is 24.3 Å². The quantitative estimate of drug-likeness (QED) is 0.796. The zero-order valence-corrected chi connectivity index (χ0v) is 11.0. The molecule has 7 heteroatoms. The van der Waals surface area contributed by atoms with Crippen molar-refractivity contribution in [3.05, 3.63) is 29.8 Å². The number of para-hydroxylation sites is 1. The maximum atomic E-state index is 13.0. The van der Waals surface area contributed by atoms with Gasteiger partial charge in [-0.1, -0.05) is 12.1 Å². The van der Waals surface area contributed by atoms with Crippen molar-refractivity contribution in [2.45, 2.75) is 6.18 Å². The van der Waals surface area contributed by atoms with Gasteiger partial charge in [-0.2, -0.15) is 13.2 Å². The summed E-state index contributed by atoms with van der Waals surface area (Å²) >= 11 is 0. The molecule has 1 aromatic carbocycles. The Balaban J connectivity index is 2.13. The molecule has 1 aromatic rings. The molecule has 20 heavy (non-hydrogen) atoms. The maximum absolute atomic E-state index is 13.0. The van der Waals surface area contributed by atoms with Crippen LogP contribution in [0.3, 0.4) is 0 Å². The van der Waals surface area contributed by atoms with Gasteiger partial charge in [-0.05, 0) is 12.1 Å². The van der Waals surface area contributed by atoms with Crippen LogP contribution in [0.5, 0.6) is 0 Å². The number of methoxy groups -OCH3 is 1. The van der Waals surface area contributed by atoms with Crippen molar-refractivity contribution in [1.82, 2.24) is 4.90 Å². The third-order valence-corrected chi connectivity index (χ3v) is 3.26. The summed E-state index contributed by atoms with van der Waals surface area (Å²) in [6.45, 7) is 1.39. The summed E-state index contributed by atoms with van der Waals surface area (Å²) in [5.41, 5.74) is -0.490. The van der Waals surface area contributed by atoms with Gasteiger partial charge in [-0.3, -0.25) is 0 Å². The summed E-state index contributed by atoms with van der Waals surface area (Å²) in [6, 6.07) is 5.48. The van der Waals surface area contributed by atoms with E-state index >= 15 is 0 Å². The Morgan fingerprint density at radius 3 is 2.30 bits per heavy atom. The molecule has 0 bridgehead atoms. The molecular formula is C13H15F3N2O2. The number of rotatable bonds is 1. The lowest BCUT2D eigenvalue weighted by Gasteiger charge is -2.36. The van der Waals surface area contributed by atoms with Crippen molar-refractivity contribution >= 4 is 11.8 Å². The molecule has 1 saturated heterocycles. The molecule has 0 aliphatic carbocycles. The minimum absolute atomic E-state index is 0.157. The molecule has 1 amide bonds. The van der Waals surface area contributed by atoms with E-state index < -0.39 is 17.8 Å². The van der Waals surface area contributed by atoms with E-state index in [0.717, 1.165) is 6.07 Å². The Hall–Kier alpha value is -1.92. The van der Waals surface area contributed by atoms with E-state index in [4.69, 9.17) is 0 Å². The Kier molecular flexibility index (Phi) is 4.06. The maximum Gasteiger partial charge on any atom is 0.418 e. The molecule has 0 radical (unpaired) electrons. The molecule has 4 nitrogen and oxygen atoms in total. The van der Waals surface area contributed by atoms with Crippen LogP contribution in [-0.2, 0) is 10.9 Å². The second-order valence-corrected chi connectivity index (χ2v) is 4.46. The van der Waals surface area contributed by atoms with Gasteiger partial charge in [0.1, 0.15) is 0 Å². The topological polar surface area (TPSA) is 32.8 Å². The van der Waals surface area contributed by atoms with Crippen molar-refractivity contribution in [2.24, 2.45) is 0 Å². The normalized spacial score (nSPS) is 16.2. The van der Waals surface area contributed by atoms with Crippen molar-refractivity contribution < 1.29 is 22.7 Å². The molecule has 0 aromatic heterocycles. The number of carbonyl (C=O) groups is 1. The number of piperazine rings is 1. The second-order valence-electron chi connectivity index (χ2n) is 4.46. The van der Waals surface area contributed by atoms with Crippen molar-refractivity contribution in [3.8, 4) is 0 Å². The zero-order valence-electron chi connectivity index (χ0n) is 11.0. The number of halogens is 3. The van der Waals surface area contributed by atoms with Crippen molar-refractivity contribution in [2.75, 3.05) is 38.2 Å². The van der Waals surface area contributed by atoms with Crippen LogP contribution in [0, 0.1) is 0 Å². The lowest BCUT2D eigenvalue weighted by molar-refractivity contribution is -0.137. The van der Waals surface area contributed by atoms with Gasteiger partial charge in [-0.25, -0.2) is 4.79 Å². The van der Waals surface area contributed by atoms with E-state index in [1.807, 2.05) is 0 Å². The van der Waals surface area contributed by atoms with Crippen LogP contribution in [0.4, 0.5) is 23.7 Å². The zero-order chi connectivity index (χ0) is 14.8. The first-order chi connectivity index (χ1) is 9.43. The van der Waals surface area contributed by atoms with E-state index in [0.29, 0.717) is 26.2 Å².